The van der Waals surface area contributed by atoms with Gasteiger partial charge in [-0.15, -0.1) is 11.3 Å². The Bertz CT molecular complexity index is 3800. The minimum atomic E-state index is -0.489. The molecule has 1 spiro atoms. The fraction of sp³-hybridized carbons (Fsp3) is 0.0794. The van der Waals surface area contributed by atoms with Crippen LogP contribution < -0.4 is 14.5 Å². The van der Waals surface area contributed by atoms with E-state index in [9.17, 15) is 0 Å². The highest BCUT2D eigenvalue weighted by Crippen LogP contribution is 2.62. The summed E-state index contributed by atoms with van der Waals surface area (Å²) in [5.41, 5.74) is 14.0. The van der Waals surface area contributed by atoms with Gasteiger partial charge in [0, 0.05) is 76.6 Å². The molecule has 0 bridgehead atoms. The van der Waals surface area contributed by atoms with Crippen LogP contribution in [0.25, 0.3) is 52.8 Å². The van der Waals surface area contributed by atoms with E-state index >= 15 is 0 Å². The number of benzene rings is 9. The first-order valence-electron chi connectivity index (χ1n) is 23.5. The molecule has 0 N–H and O–H groups in total. The first-order valence-corrected chi connectivity index (χ1v) is 24.4. The summed E-state index contributed by atoms with van der Waals surface area (Å²) >= 11 is 1.91. The molecule has 0 fully saturated rings. The van der Waals surface area contributed by atoms with E-state index in [1.807, 2.05) is 11.3 Å². The van der Waals surface area contributed by atoms with Gasteiger partial charge in [-0.2, -0.15) is 0 Å². The average Bonchev–Trinajstić information content (AvgIpc) is 3.91. The van der Waals surface area contributed by atoms with Crippen LogP contribution in [-0.4, -0.2) is 0 Å². The third-order valence-electron chi connectivity index (χ3n) is 14.5. The molecule has 0 amide bonds. The largest absolute Gasteiger partial charge is 0.461 e. The number of hydrogen-bond donors (Lipinski definition) is 0. The Kier molecular flexibility index (Phi) is 8.62. The molecule has 0 saturated carbocycles. The normalized spacial score (nSPS) is 16.8. The lowest BCUT2D eigenvalue weighted by molar-refractivity contribution is 0.364. The van der Waals surface area contributed by atoms with Crippen LogP contribution in [0.2, 0.25) is 0 Å². The first kappa shape index (κ1) is 38.4. The molecule has 14 rings (SSSR count). The summed E-state index contributed by atoms with van der Waals surface area (Å²) < 4.78 is 9.32. The molecule has 9 aromatic carbocycles. The maximum atomic E-state index is 6.75. The van der Waals surface area contributed by atoms with Crippen molar-refractivity contribution in [3.8, 4) is 16.9 Å². The van der Waals surface area contributed by atoms with Crippen molar-refractivity contribution in [2.75, 3.05) is 9.80 Å². The molecular formula is C63H44N2OS. The van der Waals surface area contributed by atoms with Gasteiger partial charge >= 0.3 is 0 Å². The van der Waals surface area contributed by atoms with Crippen molar-refractivity contribution in [3.63, 3.8) is 0 Å². The number of fused-ring (bicyclic) bond motifs is 14. The number of hydrogen-bond acceptors (Lipinski definition) is 4. The monoisotopic (exact) mass is 876 g/mol. The molecule has 2 heterocycles. The summed E-state index contributed by atoms with van der Waals surface area (Å²) in [4.78, 5) is 5.02. The Hall–Kier alpha value is -7.92. The lowest BCUT2D eigenvalue weighted by Gasteiger charge is -2.41. The zero-order valence-corrected chi connectivity index (χ0v) is 37.6. The van der Waals surface area contributed by atoms with Crippen LogP contribution in [0.1, 0.15) is 42.4 Å². The molecule has 1 atom stereocenters. The molecule has 1 unspecified atom stereocenters. The van der Waals surface area contributed by atoms with Gasteiger partial charge in [0.2, 0.25) is 0 Å². The van der Waals surface area contributed by atoms with Crippen molar-refractivity contribution in [2.45, 2.75) is 31.1 Å². The Morgan fingerprint density at radius 1 is 0.493 bits per heavy atom. The molecule has 0 radical (unpaired) electrons. The molecule has 1 aliphatic heterocycles. The predicted octanol–water partition coefficient (Wildman–Crippen LogP) is 17.5. The second-order valence-electron chi connectivity index (χ2n) is 18.1. The van der Waals surface area contributed by atoms with E-state index in [4.69, 9.17) is 4.74 Å². The minimum absolute atomic E-state index is 0.489. The highest BCUT2D eigenvalue weighted by Gasteiger charge is 2.52. The molecule has 10 aromatic rings. The molecule has 4 heteroatoms. The van der Waals surface area contributed by atoms with E-state index in [0.29, 0.717) is 0 Å². The summed E-state index contributed by atoms with van der Waals surface area (Å²) in [7, 11) is 0. The van der Waals surface area contributed by atoms with Crippen LogP contribution in [0.15, 0.2) is 235 Å². The van der Waals surface area contributed by atoms with Gasteiger partial charge in [0.1, 0.15) is 11.5 Å². The topological polar surface area (TPSA) is 15.7 Å². The van der Waals surface area contributed by atoms with Gasteiger partial charge in [0.05, 0.1) is 16.8 Å². The van der Waals surface area contributed by atoms with E-state index in [-0.39, 0.29) is 0 Å². The van der Waals surface area contributed by atoms with E-state index in [1.54, 1.807) is 0 Å². The Morgan fingerprint density at radius 2 is 1.18 bits per heavy atom. The fourth-order valence-electron chi connectivity index (χ4n) is 11.8. The second kappa shape index (κ2) is 15.1. The molecule has 0 saturated heterocycles. The van der Waals surface area contributed by atoms with E-state index in [0.717, 1.165) is 59.9 Å². The van der Waals surface area contributed by atoms with Crippen molar-refractivity contribution >= 4 is 81.5 Å². The number of allylic oxidation sites excluding steroid dienone is 7. The third-order valence-corrected chi connectivity index (χ3v) is 15.7. The molecule has 4 aliphatic rings. The Balaban J connectivity index is 1.06. The van der Waals surface area contributed by atoms with Crippen molar-refractivity contribution in [3.05, 3.63) is 252 Å². The van der Waals surface area contributed by atoms with Crippen molar-refractivity contribution in [2.24, 2.45) is 0 Å². The van der Waals surface area contributed by atoms with Gasteiger partial charge in [-0.1, -0.05) is 158 Å². The lowest BCUT2D eigenvalue weighted by atomic mass is 9.64. The van der Waals surface area contributed by atoms with Gasteiger partial charge < -0.3 is 14.5 Å². The Morgan fingerprint density at radius 3 is 2.00 bits per heavy atom. The van der Waals surface area contributed by atoms with Crippen molar-refractivity contribution in [1.29, 1.82) is 0 Å². The molecule has 3 nitrogen and oxygen atoms in total. The number of nitrogens with zero attached hydrogens (tertiary/aromatic N) is 2. The number of thiophene rings is 1. The van der Waals surface area contributed by atoms with Crippen LogP contribution in [-0.2, 0) is 5.41 Å². The van der Waals surface area contributed by atoms with Crippen LogP contribution in [0.4, 0.5) is 28.4 Å². The van der Waals surface area contributed by atoms with E-state index in [1.165, 1.54) is 86.5 Å². The summed E-state index contributed by atoms with van der Waals surface area (Å²) in [5, 5.41) is 7.47. The summed E-state index contributed by atoms with van der Waals surface area (Å²) in [6.07, 6.45) is 15.6. The summed E-state index contributed by atoms with van der Waals surface area (Å²) in [5.74, 6) is 2.03. The number of anilines is 5. The molecular weight excluding hydrogens is 833 g/mol. The lowest BCUT2D eigenvalue weighted by Crippen LogP contribution is -2.35. The maximum Gasteiger partial charge on any atom is 0.131 e. The maximum absolute atomic E-state index is 6.75. The van der Waals surface area contributed by atoms with Crippen molar-refractivity contribution in [1.82, 2.24) is 0 Å². The number of ether oxygens (including phenoxy) is 1. The van der Waals surface area contributed by atoms with E-state index < -0.39 is 5.41 Å². The van der Waals surface area contributed by atoms with Crippen molar-refractivity contribution < 1.29 is 4.74 Å². The summed E-state index contributed by atoms with van der Waals surface area (Å²) in [6.45, 7) is 0. The first-order chi connectivity index (χ1) is 33.3. The van der Waals surface area contributed by atoms with Gasteiger partial charge in [0.25, 0.3) is 0 Å². The highest BCUT2D eigenvalue weighted by molar-refractivity contribution is 7.27. The van der Waals surface area contributed by atoms with E-state index in [2.05, 4.69) is 228 Å². The predicted molar refractivity (Wildman–Crippen MR) is 282 cm³/mol. The third kappa shape index (κ3) is 5.63. The van der Waals surface area contributed by atoms with Gasteiger partial charge in [-0.05, 0) is 108 Å². The summed E-state index contributed by atoms with van der Waals surface area (Å²) in [6, 6.07) is 69.8. The zero-order valence-electron chi connectivity index (χ0n) is 36.8. The molecule has 318 valence electrons. The molecule has 67 heavy (non-hydrogen) atoms. The SMILES string of the molecule is C1=CC(N(c2ccccc2)c2c3ccccc3cc3sc4c5ccccc5c(N(c5ccccc5)c5ccc6c(c5)-c5ccccc5C65C6=C(CCC=C6)Oc6ccccc65)cc4c23)=CCC1. The van der Waals surface area contributed by atoms with Crippen LogP contribution >= 0.6 is 11.3 Å². The molecule has 1 aromatic heterocycles. The van der Waals surface area contributed by atoms with Gasteiger partial charge in [0.15, 0.2) is 0 Å². The fourth-order valence-corrected chi connectivity index (χ4v) is 13.0. The smallest absolute Gasteiger partial charge is 0.131 e. The van der Waals surface area contributed by atoms with Crippen LogP contribution in [0, 0.1) is 0 Å². The number of para-hydroxylation sites is 3. The average molecular weight is 877 g/mol. The number of rotatable bonds is 6. The van der Waals surface area contributed by atoms with Gasteiger partial charge in [-0.25, -0.2) is 0 Å². The molecule has 3 aliphatic carbocycles. The standard InChI is InChI=1S/C63H44N2OS/c1-4-21-42(22-5-1)64(45-36-37-53-50(39-45)47-28-14-15-31-52(47)63(53)54-32-16-18-34-57(54)66-58-35-19-17-33-55(58)63)56-40-51-60-59(67-62(51)49-30-13-12-29-48(49)56)38-41-20-10-11-27-46(41)61(60)65(43-23-6-2-7-24-43)44-25-8-3-9-26-44/h1-2,4-8,10-18,20-34,36-40H,3,9,19,35H2. The Labute approximate surface area is 394 Å². The quantitative estimate of drug-likeness (QED) is 0.166. The zero-order chi connectivity index (χ0) is 44.1. The highest BCUT2D eigenvalue weighted by atomic mass is 32.1. The van der Waals surface area contributed by atoms with Crippen LogP contribution in [0.5, 0.6) is 5.75 Å². The second-order valence-corrected chi connectivity index (χ2v) is 19.1. The van der Waals surface area contributed by atoms with Gasteiger partial charge in [-0.3, -0.25) is 0 Å². The minimum Gasteiger partial charge on any atom is -0.461 e. The van der Waals surface area contributed by atoms with Crippen LogP contribution in [0.3, 0.4) is 0 Å².